The van der Waals surface area contributed by atoms with Gasteiger partial charge in [0, 0.05) is 16.9 Å². The number of pyridine rings is 1. The predicted octanol–water partition coefficient (Wildman–Crippen LogP) is 1.16. The molecule has 0 radical (unpaired) electrons. The summed E-state index contributed by atoms with van der Waals surface area (Å²) in [6.07, 6.45) is 2.92. The van der Waals surface area contributed by atoms with Crippen molar-refractivity contribution in [2.45, 2.75) is 5.75 Å². The van der Waals surface area contributed by atoms with Crippen molar-refractivity contribution in [3.63, 3.8) is 0 Å². The number of ether oxygens (including phenoxy) is 1. The van der Waals surface area contributed by atoms with Crippen LogP contribution in [0.15, 0.2) is 18.5 Å². The molecule has 1 aromatic rings. The van der Waals surface area contributed by atoms with Gasteiger partial charge in [-0.25, -0.2) is 8.42 Å². The Morgan fingerprint density at radius 2 is 2.23 bits per heavy atom. The molecule has 0 spiro atoms. The van der Waals surface area contributed by atoms with Crippen molar-refractivity contribution in [2.75, 3.05) is 7.11 Å². The quantitative estimate of drug-likeness (QED) is 0.719. The molecule has 1 rings (SSSR count). The highest BCUT2D eigenvalue weighted by molar-refractivity contribution is 8.13. The summed E-state index contributed by atoms with van der Waals surface area (Å²) in [5.41, 5.74) is 0.509. The number of rotatable bonds is 3. The Hall–Kier alpha value is -0.810. The largest absolute Gasteiger partial charge is 0.495 e. The summed E-state index contributed by atoms with van der Waals surface area (Å²) in [5.74, 6) is 0.275. The first-order chi connectivity index (χ1) is 6.01. The second kappa shape index (κ2) is 3.93. The van der Waals surface area contributed by atoms with Crippen molar-refractivity contribution in [3.05, 3.63) is 24.0 Å². The molecule has 0 saturated carbocycles. The first-order valence-electron chi connectivity index (χ1n) is 3.41. The van der Waals surface area contributed by atoms with Crippen LogP contribution in [0.25, 0.3) is 0 Å². The lowest BCUT2D eigenvalue weighted by Crippen LogP contribution is -1.96. The molecule has 0 unspecified atom stereocenters. The van der Waals surface area contributed by atoms with Gasteiger partial charge in [-0.2, -0.15) is 0 Å². The molecule has 0 fully saturated rings. The van der Waals surface area contributed by atoms with Crippen LogP contribution in [0.2, 0.25) is 0 Å². The molecule has 0 amide bonds. The number of hydrogen-bond acceptors (Lipinski definition) is 4. The molecule has 0 atom stereocenters. The lowest BCUT2D eigenvalue weighted by atomic mass is 10.3. The molecule has 0 saturated heterocycles. The van der Waals surface area contributed by atoms with Crippen molar-refractivity contribution in [2.24, 2.45) is 0 Å². The van der Waals surface area contributed by atoms with Crippen LogP contribution in [0.5, 0.6) is 5.75 Å². The molecule has 72 valence electrons. The van der Waals surface area contributed by atoms with Crippen LogP contribution in [-0.4, -0.2) is 20.5 Å². The zero-order valence-corrected chi connectivity index (χ0v) is 8.47. The van der Waals surface area contributed by atoms with Gasteiger partial charge in [0.15, 0.2) is 0 Å². The molecule has 0 aromatic carbocycles. The second-order valence-corrected chi connectivity index (χ2v) is 5.19. The summed E-state index contributed by atoms with van der Waals surface area (Å²) < 4.78 is 26.3. The molecule has 13 heavy (non-hydrogen) atoms. The summed E-state index contributed by atoms with van der Waals surface area (Å²) in [6.45, 7) is 0. The standard InChI is InChI=1S/C7H8ClNO3S/c1-12-7-2-6(3-9-4-7)5-13(8,10)11/h2-4H,5H2,1H3. The minimum atomic E-state index is -3.53. The van der Waals surface area contributed by atoms with Crippen molar-refractivity contribution in [1.29, 1.82) is 0 Å². The van der Waals surface area contributed by atoms with Crippen molar-refractivity contribution in [3.8, 4) is 5.75 Å². The van der Waals surface area contributed by atoms with Gasteiger partial charge in [0.05, 0.1) is 19.1 Å². The minimum Gasteiger partial charge on any atom is -0.495 e. The monoisotopic (exact) mass is 221 g/mol. The van der Waals surface area contributed by atoms with Crippen molar-refractivity contribution < 1.29 is 13.2 Å². The average Bonchev–Trinajstić information content (AvgIpc) is 2.01. The van der Waals surface area contributed by atoms with Crippen LogP contribution < -0.4 is 4.74 Å². The van der Waals surface area contributed by atoms with Crippen molar-refractivity contribution >= 4 is 19.7 Å². The molecular formula is C7H8ClNO3S. The average molecular weight is 222 g/mol. The maximum atomic E-state index is 10.7. The third-order valence-electron chi connectivity index (χ3n) is 1.34. The van der Waals surface area contributed by atoms with E-state index in [2.05, 4.69) is 4.98 Å². The van der Waals surface area contributed by atoms with E-state index in [1.807, 2.05) is 0 Å². The van der Waals surface area contributed by atoms with Crippen LogP contribution in [0.4, 0.5) is 0 Å². The summed E-state index contributed by atoms with van der Waals surface area (Å²) in [7, 11) is 3.02. The molecule has 0 bridgehead atoms. The van der Waals surface area contributed by atoms with Crippen molar-refractivity contribution in [1.82, 2.24) is 4.98 Å². The first-order valence-corrected chi connectivity index (χ1v) is 5.89. The fourth-order valence-corrected chi connectivity index (χ4v) is 1.79. The predicted molar refractivity (Wildman–Crippen MR) is 49.3 cm³/mol. The number of methoxy groups -OCH3 is 1. The molecule has 6 heteroatoms. The molecule has 0 aliphatic rings. The molecule has 1 aromatic heterocycles. The second-order valence-electron chi connectivity index (χ2n) is 2.42. The van der Waals surface area contributed by atoms with E-state index in [-0.39, 0.29) is 5.75 Å². The molecule has 0 aliphatic carbocycles. The topological polar surface area (TPSA) is 56.3 Å². The van der Waals surface area contributed by atoms with Gasteiger partial charge in [0.2, 0.25) is 9.05 Å². The van der Waals surface area contributed by atoms with Gasteiger partial charge in [-0.05, 0) is 11.6 Å². The minimum absolute atomic E-state index is 0.237. The van der Waals surface area contributed by atoms with E-state index < -0.39 is 9.05 Å². The van der Waals surface area contributed by atoms with Crippen LogP contribution >= 0.6 is 10.7 Å². The first kappa shape index (κ1) is 10.3. The molecule has 0 N–H and O–H groups in total. The van der Waals surface area contributed by atoms with Gasteiger partial charge in [0.25, 0.3) is 0 Å². The lowest BCUT2D eigenvalue weighted by Gasteiger charge is -2.00. The number of hydrogen-bond donors (Lipinski definition) is 0. The van der Waals surface area contributed by atoms with E-state index in [1.54, 1.807) is 6.07 Å². The SMILES string of the molecule is COc1cncc(CS(=O)(=O)Cl)c1. The normalized spacial score (nSPS) is 11.2. The van der Waals surface area contributed by atoms with Gasteiger partial charge in [-0.1, -0.05) is 0 Å². The lowest BCUT2D eigenvalue weighted by molar-refractivity contribution is 0.412. The molecule has 1 heterocycles. The highest BCUT2D eigenvalue weighted by Crippen LogP contribution is 2.14. The highest BCUT2D eigenvalue weighted by atomic mass is 35.7. The maximum Gasteiger partial charge on any atom is 0.236 e. The highest BCUT2D eigenvalue weighted by Gasteiger charge is 2.07. The van der Waals surface area contributed by atoms with Gasteiger partial charge in [-0.3, -0.25) is 4.98 Å². The Bertz CT molecular complexity index is 390. The van der Waals surface area contributed by atoms with E-state index in [0.29, 0.717) is 11.3 Å². The summed E-state index contributed by atoms with van der Waals surface area (Å²) in [6, 6.07) is 1.58. The Labute approximate surface area is 80.9 Å². The zero-order valence-electron chi connectivity index (χ0n) is 6.90. The van der Waals surface area contributed by atoms with E-state index in [1.165, 1.54) is 19.5 Å². The van der Waals surface area contributed by atoms with Crippen LogP contribution in [0.1, 0.15) is 5.56 Å². The third kappa shape index (κ3) is 3.61. The molecule has 0 aliphatic heterocycles. The fourth-order valence-electron chi connectivity index (χ4n) is 0.853. The zero-order chi connectivity index (χ0) is 9.90. The van der Waals surface area contributed by atoms with Gasteiger partial charge < -0.3 is 4.74 Å². The number of aromatic nitrogens is 1. The molecule has 4 nitrogen and oxygen atoms in total. The van der Waals surface area contributed by atoms with Crippen LogP contribution in [0.3, 0.4) is 0 Å². The van der Waals surface area contributed by atoms with Gasteiger partial charge in [0.1, 0.15) is 5.75 Å². The van der Waals surface area contributed by atoms with Crippen LogP contribution in [0, 0.1) is 0 Å². The summed E-state index contributed by atoms with van der Waals surface area (Å²) in [4.78, 5) is 3.79. The molecular weight excluding hydrogens is 214 g/mol. The van der Waals surface area contributed by atoms with E-state index in [0.717, 1.165) is 0 Å². The van der Waals surface area contributed by atoms with Crippen LogP contribution in [-0.2, 0) is 14.8 Å². The smallest absolute Gasteiger partial charge is 0.236 e. The third-order valence-corrected chi connectivity index (χ3v) is 2.35. The van der Waals surface area contributed by atoms with E-state index in [9.17, 15) is 8.42 Å². The fraction of sp³-hybridized carbons (Fsp3) is 0.286. The van der Waals surface area contributed by atoms with Gasteiger partial charge in [-0.15, -0.1) is 0 Å². The number of nitrogens with zero attached hydrogens (tertiary/aromatic N) is 1. The Morgan fingerprint density at radius 1 is 1.54 bits per heavy atom. The van der Waals surface area contributed by atoms with E-state index >= 15 is 0 Å². The number of halogens is 1. The Kier molecular flexibility index (Phi) is 3.11. The van der Waals surface area contributed by atoms with E-state index in [4.69, 9.17) is 15.4 Å². The Morgan fingerprint density at radius 3 is 2.77 bits per heavy atom. The maximum absolute atomic E-state index is 10.7. The van der Waals surface area contributed by atoms with Gasteiger partial charge >= 0.3 is 0 Å². The summed E-state index contributed by atoms with van der Waals surface area (Å²) >= 11 is 0. The Balaban J connectivity index is 2.90. The summed E-state index contributed by atoms with van der Waals surface area (Å²) in [5, 5.41) is 0.